The van der Waals surface area contributed by atoms with E-state index in [9.17, 15) is 9.59 Å². The molecule has 1 amide bonds. The summed E-state index contributed by atoms with van der Waals surface area (Å²) in [5, 5.41) is 11.3. The summed E-state index contributed by atoms with van der Waals surface area (Å²) in [4.78, 5) is 25.9. The molecule has 0 saturated carbocycles. The molecule has 2 N–H and O–H groups in total. The largest absolute Gasteiger partial charge is 0.480 e. The molecule has 0 bridgehead atoms. The summed E-state index contributed by atoms with van der Waals surface area (Å²) < 4.78 is 0. The second kappa shape index (κ2) is 7.71. The highest BCUT2D eigenvalue weighted by molar-refractivity contribution is 7.98. The molecule has 1 rings (SSSR count). The van der Waals surface area contributed by atoms with E-state index >= 15 is 0 Å². The van der Waals surface area contributed by atoms with E-state index < -0.39 is 12.0 Å². The normalized spacial score (nSPS) is 11.8. The molecule has 0 saturated heterocycles. The molecule has 0 aliphatic heterocycles. The van der Waals surface area contributed by atoms with Gasteiger partial charge in [-0.25, -0.2) is 4.79 Å². The third kappa shape index (κ3) is 5.67. The third-order valence-electron chi connectivity index (χ3n) is 2.20. The Kier molecular flexibility index (Phi) is 6.21. The molecule has 6 heteroatoms. The Balaban J connectivity index is 2.27. The maximum Gasteiger partial charge on any atom is 0.326 e. The fourth-order valence-corrected chi connectivity index (χ4v) is 2.29. The molecule has 18 heavy (non-hydrogen) atoms. The van der Waals surface area contributed by atoms with E-state index in [1.165, 1.54) is 6.92 Å². The van der Waals surface area contributed by atoms with E-state index in [0.717, 1.165) is 11.4 Å². The number of hydrogen-bond acceptors (Lipinski definition) is 4. The zero-order valence-electron chi connectivity index (χ0n) is 10.1. The number of rotatable bonds is 7. The van der Waals surface area contributed by atoms with Crippen LogP contribution in [0.3, 0.4) is 0 Å². The molecule has 1 atom stereocenters. The molecule has 1 aromatic heterocycles. The van der Waals surface area contributed by atoms with Gasteiger partial charge in [-0.15, -0.1) is 0 Å². The summed E-state index contributed by atoms with van der Waals surface area (Å²) in [7, 11) is 0. The van der Waals surface area contributed by atoms with Crippen LogP contribution in [-0.2, 0) is 15.3 Å². The standard InChI is InChI=1S/C12H16N2O3S/c1-9(15)14-11(12(16)17)5-7-18-8-10-4-2-3-6-13-10/h2-4,6,11H,5,7-8H2,1H3,(H,14,15)(H,16,17). The van der Waals surface area contributed by atoms with Gasteiger partial charge in [0.2, 0.25) is 5.91 Å². The van der Waals surface area contributed by atoms with Crippen LogP contribution in [0.25, 0.3) is 0 Å². The molecule has 5 nitrogen and oxygen atoms in total. The van der Waals surface area contributed by atoms with Crippen molar-refractivity contribution in [2.45, 2.75) is 25.1 Å². The second-order valence-electron chi connectivity index (χ2n) is 3.75. The molecular weight excluding hydrogens is 252 g/mol. The minimum Gasteiger partial charge on any atom is -0.480 e. The Bertz CT molecular complexity index is 398. The van der Waals surface area contributed by atoms with Crippen LogP contribution in [0.15, 0.2) is 24.4 Å². The molecule has 0 spiro atoms. The molecule has 1 unspecified atom stereocenters. The average molecular weight is 268 g/mol. The van der Waals surface area contributed by atoms with Gasteiger partial charge in [0.05, 0.1) is 5.69 Å². The van der Waals surface area contributed by atoms with Crippen molar-refractivity contribution in [2.75, 3.05) is 5.75 Å². The first-order valence-electron chi connectivity index (χ1n) is 5.57. The number of carbonyl (C=O) groups is 2. The van der Waals surface area contributed by atoms with Crippen LogP contribution in [0.1, 0.15) is 19.0 Å². The predicted molar refractivity (Wildman–Crippen MR) is 70.3 cm³/mol. The number of nitrogens with one attached hydrogen (secondary N) is 1. The summed E-state index contributed by atoms with van der Waals surface area (Å²) in [6, 6.07) is 4.89. The van der Waals surface area contributed by atoms with Crippen LogP contribution in [0.4, 0.5) is 0 Å². The lowest BCUT2D eigenvalue weighted by Crippen LogP contribution is -2.39. The molecule has 0 aromatic carbocycles. The number of pyridine rings is 1. The number of carbonyl (C=O) groups excluding carboxylic acids is 1. The van der Waals surface area contributed by atoms with Crippen LogP contribution in [-0.4, -0.2) is 33.8 Å². The van der Waals surface area contributed by atoms with Crippen LogP contribution < -0.4 is 5.32 Å². The average Bonchev–Trinajstić information content (AvgIpc) is 2.33. The highest BCUT2D eigenvalue weighted by atomic mass is 32.2. The maximum atomic E-state index is 10.9. The van der Waals surface area contributed by atoms with Gasteiger partial charge in [0, 0.05) is 18.9 Å². The lowest BCUT2D eigenvalue weighted by Gasteiger charge is -2.12. The molecule has 1 aromatic rings. The first kappa shape index (κ1) is 14.5. The Morgan fingerprint density at radius 3 is 2.83 bits per heavy atom. The highest BCUT2D eigenvalue weighted by Crippen LogP contribution is 2.11. The van der Waals surface area contributed by atoms with E-state index in [1.807, 2.05) is 18.2 Å². The maximum absolute atomic E-state index is 10.9. The van der Waals surface area contributed by atoms with Crippen molar-refractivity contribution in [3.63, 3.8) is 0 Å². The SMILES string of the molecule is CC(=O)NC(CCSCc1ccccn1)C(=O)O. The molecule has 0 radical (unpaired) electrons. The number of hydrogen-bond donors (Lipinski definition) is 2. The number of carboxylic acid groups (broad SMARTS) is 1. The Morgan fingerprint density at radius 1 is 1.50 bits per heavy atom. The van der Waals surface area contributed by atoms with Gasteiger partial charge in [0.1, 0.15) is 6.04 Å². The third-order valence-corrected chi connectivity index (χ3v) is 3.23. The number of carboxylic acids is 1. The zero-order chi connectivity index (χ0) is 13.4. The molecule has 0 fully saturated rings. The van der Waals surface area contributed by atoms with Crippen LogP contribution in [0.5, 0.6) is 0 Å². The fraction of sp³-hybridized carbons (Fsp3) is 0.417. The number of nitrogens with zero attached hydrogens (tertiary/aromatic N) is 1. The monoisotopic (exact) mass is 268 g/mol. The first-order valence-corrected chi connectivity index (χ1v) is 6.72. The minimum absolute atomic E-state index is 0.322. The van der Waals surface area contributed by atoms with Gasteiger partial charge >= 0.3 is 5.97 Å². The number of aliphatic carboxylic acids is 1. The van der Waals surface area contributed by atoms with Gasteiger partial charge in [-0.05, 0) is 24.3 Å². The smallest absolute Gasteiger partial charge is 0.326 e. The highest BCUT2D eigenvalue weighted by Gasteiger charge is 2.17. The van der Waals surface area contributed by atoms with Crippen molar-refractivity contribution in [3.05, 3.63) is 30.1 Å². The Morgan fingerprint density at radius 2 is 2.28 bits per heavy atom. The lowest BCUT2D eigenvalue weighted by molar-refractivity contribution is -0.141. The summed E-state index contributed by atoms with van der Waals surface area (Å²) >= 11 is 1.60. The Labute approximate surface area is 110 Å². The number of aromatic nitrogens is 1. The van der Waals surface area contributed by atoms with Gasteiger partial charge < -0.3 is 10.4 Å². The zero-order valence-corrected chi connectivity index (χ0v) is 10.9. The summed E-state index contributed by atoms with van der Waals surface area (Å²) in [6.07, 6.45) is 2.14. The summed E-state index contributed by atoms with van der Waals surface area (Å²) in [6.45, 7) is 1.32. The second-order valence-corrected chi connectivity index (χ2v) is 4.86. The van der Waals surface area contributed by atoms with Crippen LogP contribution in [0.2, 0.25) is 0 Å². The van der Waals surface area contributed by atoms with Gasteiger partial charge in [-0.2, -0.15) is 11.8 Å². The number of thioether (sulfide) groups is 1. The Hall–Kier alpha value is -1.56. The van der Waals surface area contributed by atoms with Crippen molar-refractivity contribution in [2.24, 2.45) is 0 Å². The molecular formula is C12H16N2O3S. The van der Waals surface area contributed by atoms with E-state index in [-0.39, 0.29) is 5.91 Å². The van der Waals surface area contributed by atoms with E-state index in [1.54, 1.807) is 18.0 Å². The van der Waals surface area contributed by atoms with Crippen molar-refractivity contribution in [1.29, 1.82) is 0 Å². The van der Waals surface area contributed by atoms with Crippen molar-refractivity contribution in [1.82, 2.24) is 10.3 Å². The topological polar surface area (TPSA) is 79.3 Å². The molecule has 1 heterocycles. The molecule has 0 aliphatic carbocycles. The molecule has 98 valence electrons. The van der Waals surface area contributed by atoms with E-state index in [2.05, 4.69) is 10.3 Å². The first-order chi connectivity index (χ1) is 8.59. The van der Waals surface area contributed by atoms with Gasteiger partial charge in [-0.1, -0.05) is 6.07 Å². The lowest BCUT2D eigenvalue weighted by atomic mass is 10.2. The van der Waals surface area contributed by atoms with Crippen LogP contribution >= 0.6 is 11.8 Å². The van der Waals surface area contributed by atoms with Gasteiger partial charge in [0.15, 0.2) is 0 Å². The van der Waals surface area contributed by atoms with Crippen molar-refractivity contribution < 1.29 is 14.7 Å². The van der Waals surface area contributed by atoms with E-state index in [4.69, 9.17) is 5.11 Å². The predicted octanol–water partition coefficient (Wildman–Crippen LogP) is 1.29. The van der Waals surface area contributed by atoms with Gasteiger partial charge in [0.25, 0.3) is 0 Å². The van der Waals surface area contributed by atoms with Crippen LogP contribution in [0, 0.1) is 0 Å². The van der Waals surface area contributed by atoms with E-state index in [0.29, 0.717) is 12.2 Å². The summed E-state index contributed by atoms with van der Waals surface area (Å²) in [5.74, 6) is 0.0851. The minimum atomic E-state index is -0.997. The van der Waals surface area contributed by atoms with Gasteiger partial charge in [-0.3, -0.25) is 9.78 Å². The number of amides is 1. The van der Waals surface area contributed by atoms with Crippen molar-refractivity contribution in [3.8, 4) is 0 Å². The quantitative estimate of drug-likeness (QED) is 0.729. The summed E-state index contributed by atoms with van der Waals surface area (Å²) in [5.41, 5.74) is 0.967. The van der Waals surface area contributed by atoms with Crippen molar-refractivity contribution >= 4 is 23.6 Å². The fourth-order valence-electron chi connectivity index (χ4n) is 1.36. The molecule has 0 aliphatic rings.